The van der Waals surface area contributed by atoms with E-state index in [4.69, 9.17) is 0 Å². The number of rotatable bonds is 5. The molecule has 0 atom stereocenters. The predicted octanol–water partition coefficient (Wildman–Crippen LogP) is 1.46. The number of aromatic nitrogens is 2. The molecule has 2 N–H and O–H groups in total. The van der Waals surface area contributed by atoms with E-state index in [1.165, 1.54) is 0 Å². The SMILES string of the molecule is O=C(CCc1ccncc1)Nc1ccc(N2CCNCC2)cn1. The number of anilines is 2. The topological polar surface area (TPSA) is 70.2 Å². The third-order valence-electron chi connectivity index (χ3n) is 3.89. The van der Waals surface area contributed by atoms with Crippen molar-refractivity contribution < 1.29 is 4.79 Å². The van der Waals surface area contributed by atoms with Gasteiger partial charge < -0.3 is 15.5 Å². The molecule has 0 bridgehead atoms. The van der Waals surface area contributed by atoms with Gasteiger partial charge in [0.1, 0.15) is 5.82 Å². The maximum absolute atomic E-state index is 12.0. The van der Waals surface area contributed by atoms with Gasteiger partial charge in [-0.3, -0.25) is 9.78 Å². The van der Waals surface area contributed by atoms with Gasteiger partial charge in [-0.05, 0) is 36.2 Å². The zero-order valence-corrected chi connectivity index (χ0v) is 13.0. The van der Waals surface area contributed by atoms with Gasteiger partial charge in [0.15, 0.2) is 0 Å². The third-order valence-corrected chi connectivity index (χ3v) is 3.89. The quantitative estimate of drug-likeness (QED) is 0.875. The van der Waals surface area contributed by atoms with E-state index >= 15 is 0 Å². The average molecular weight is 311 g/mol. The van der Waals surface area contributed by atoms with Gasteiger partial charge in [-0.25, -0.2) is 4.98 Å². The van der Waals surface area contributed by atoms with Gasteiger partial charge in [0.25, 0.3) is 0 Å². The molecule has 0 aromatic carbocycles. The highest BCUT2D eigenvalue weighted by molar-refractivity contribution is 5.89. The molecular weight excluding hydrogens is 290 g/mol. The summed E-state index contributed by atoms with van der Waals surface area (Å²) in [5.41, 5.74) is 2.21. The summed E-state index contributed by atoms with van der Waals surface area (Å²) in [5.74, 6) is 0.577. The van der Waals surface area contributed by atoms with Gasteiger partial charge >= 0.3 is 0 Å². The van der Waals surface area contributed by atoms with Crippen LogP contribution >= 0.6 is 0 Å². The standard InChI is InChI=1S/C17H21N5O/c23-17(4-1-14-5-7-18-8-6-14)21-16-3-2-15(13-20-16)22-11-9-19-10-12-22/h2-3,5-8,13,19H,1,4,9-12H2,(H,20,21,23). The lowest BCUT2D eigenvalue weighted by Crippen LogP contribution is -2.43. The maximum Gasteiger partial charge on any atom is 0.225 e. The monoisotopic (exact) mass is 311 g/mol. The van der Waals surface area contributed by atoms with Crippen LogP contribution in [0.15, 0.2) is 42.9 Å². The molecule has 1 saturated heterocycles. The van der Waals surface area contributed by atoms with Crippen LogP contribution in [0.3, 0.4) is 0 Å². The Labute approximate surface area is 135 Å². The molecule has 1 aliphatic rings. The predicted molar refractivity (Wildman–Crippen MR) is 90.5 cm³/mol. The molecule has 0 spiro atoms. The van der Waals surface area contributed by atoms with Crippen molar-refractivity contribution in [2.75, 3.05) is 36.4 Å². The average Bonchev–Trinajstić information content (AvgIpc) is 2.62. The number of nitrogens with one attached hydrogen (secondary N) is 2. The first kappa shape index (κ1) is 15.4. The van der Waals surface area contributed by atoms with Crippen LogP contribution in [0.25, 0.3) is 0 Å². The summed E-state index contributed by atoms with van der Waals surface area (Å²) in [7, 11) is 0. The van der Waals surface area contributed by atoms with Crippen molar-refractivity contribution in [3.8, 4) is 0 Å². The highest BCUT2D eigenvalue weighted by Crippen LogP contribution is 2.15. The first-order valence-electron chi connectivity index (χ1n) is 7.92. The molecular formula is C17H21N5O. The number of hydrogen-bond acceptors (Lipinski definition) is 5. The van der Waals surface area contributed by atoms with E-state index in [1.54, 1.807) is 12.4 Å². The van der Waals surface area contributed by atoms with Crippen LogP contribution in [0.4, 0.5) is 11.5 Å². The molecule has 3 heterocycles. The summed E-state index contributed by atoms with van der Waals surface area (Å²) < 4.78 is 0. The van der Waals surface area contributed by atoms with Crippen molar-refractivity contribution >= 4 is 17.4 Å². The normalized spacial score (nSPS) is 14.5. The number of nitrogens with zero attached hydrogens (tertiary/aromatic N) is 3. The summed E-state index contributed by atoms with van der Waals surface area (Å²) in [4.78, 5) is 22.6. The van der Waals surface area contributed by atoms with E-state index in [9.17, 15) is 4.79 Å². The van der Waals surface area contributed by atoms with Crippen LogP contribution in [0, 0.1) is 0 Å². The zero-order valence-electron chi connectivity index (χ0n) is 13.0. The Morgan fingerprint density at radius 3 is 2.65 bits per heavy atom. The summed E-state index contributed by atoms with van der Waals surface area (Å²) in [6, 6.07) is 7.72. The second-order valence-electron chi connectivity index (χ2n) is 5.54. The Kier molecular flexibility index (Phi) is 5.16. The molecule has 1 aliphatic heterocycles. The van der Waals surface area contributed by atoms with E-state index in [2.05, 4.69) is 25.5 Å². The summed E-state index contributed by atoms with van der Waals surface area (Å²) in [6.45, 7) is 3.96. The molecule has 2 aromatic rings. The van der Waals surface area contributed by atoms with Crippen molar-refractivity contribution in [1.82, 2.24) is 15.3 Å². The fourth-order valence-electron chi connectivity index (χ4n) is 2.58. The Morgan fingerprint density at radius 1 is 1.17 bits per heavy atom. The van der Waals surface area contributed by atoms with Gasteiger partial charge in [-0.1, -0.05) is 0 Å². The number of carbonyl (C=O) groups excluding carboxylic acids is 1. The Hall–Kier alpha value is -2.47. The van der Waals surface area contributed by atoms with Gasteiger partial charge in [-0.15, -0.1) is 0 Å². The second-order valence-corrected chi connectivity index (χ2v) is 5.54. The highest BCUT2D eigenvalue weighted by Gasteiger charge is 2.11. The van der Waals surface area contributed by atoms with Gasteiger partial charge in [-0.2, -0.15) is 0 Å². The summed E-state index contributed by atoms with van der Waals surface area (Å²) in [6.07, 6.45) is 6.44. The molecule has 6 nitrogen and oxygen atoms in total. The van der Waals surface area contributed by atoms with E-state index in [0.29, 0.717) is 18.7 Å². The van der Waals surface area contributed by atoms with Gasteiger partial charge in [0.05, 0.1) is 11.9 Å². The number of aryl methyl sites for hydroxylation is 1. The lowest BCUT2D eigenvalue weighted by Gasteiger charge is -2.29. The number of hydrogen-bond donors (Lipinski definition) is 2. The molecule has 1 fully saturated rings. The maximum atomic E-state index is 12.0. The van der Waals surface area contributed by atoms with Crippen LogP contribution in [0.1, 0.15) is 12.0 Å². The van der Waals surface area contributed by atoms with E-state index in [1.807, 2.05) is 30.5 Å². The largest absolute Gasteiger partial charge is 0.368 e. The second kappa shape index (κ2) is 7.69. The minimum atomic E-state index is -0.0239. The molecule has 0 unspecified atom stereocenters. The Morgan fingerprint density at radius 2 is 1.96 bits per heavy atom. The van der Waals surface area contributed by atoms with Crippen molar-refractivity contribution in [2.45, 2.75) is 12.8 Å². The third kappa shape index (κ3) is 4.50. The first-order chi connectivity index (χ1) is 11.3. The van der Waals surface area contributed by atoms with Crippen LogP contribution < -0.4 is 15.5 Å². The van der Waals surface area contributed by atoms with Crippen molar-refractivity contribution in [2.24, 2.45) is 0 Å². The number of piperazine rings is 1. The molecule has 120 valence electrons. The van der Waals surface area contributed by atoms with E-state index in [-0.39, 0.29) is 5.91 Å². The lowest BCUT2D eigenvalue weighted by molar-refractivity contribution is -0.116. The number of pyridine rings is 2. The van der Waals surface area contributed by atoms with Crippen LogP contribution in [0.5, 0.6) is 0 Å². The molecule has 0 aliphatic carbocycles. The number of amides is 1. The lowest BCUT2D eigenvalue weighted by atomic mass is 10.1. The van der Waals surface area contributed by atoms with Gasteiger partial charge in [0, 0.05) is 45.0 Å². The molecule has 2 aromatic heterocycles. The van der Waals surface area contributed by atoms with Crippen molar-refractivity contribution in [3.63, 3.8) is 0 Å². The smallest absolute Gasteiger partial charge is 0.225 e. The minimum absolute atomic E-state index is 0.0239. The van der Waals surface area contributed by atoms with E-state index in [0.717, 1.165) is 37.4 Å². The van der Waals surface area contributed by atoms with E-state index < -0.39 is 0 Å². The molecule has 1 amide bonds. The summed E-state index contributed by atoms with van der Waals surface area (Å²) in [5, 5.41) is 6.17. The molecule has 6 heteroatoms. The minimum Gasteiger partial charge on any atom is -0.368 e. The van der Waals surface area contributed by atoms with Crippen molar-refractivity contribution in [1.29, 1.82) is 0 Å². The molecule has 0 radical (unpaired) electrons. The molecule has 3 rings (SSSR count). The fourth-order valence-corrected chi connectivity index (χ4v) is 2.58. The highest BCUT2D eigenvalue weighted by atomic mass is 16.1. The first-order valence-corrected chi connectivity index (χ1v) is 7.92. The zero-order chi connectivity index (χ0) is 15.9. The van der Waals surface area contributed by atoms with Crippen LogP contribution in [0.2, 0.25) is 0 Å². The van der Waals surface area contributed by atoms with Crippen LogP contribution in [-0.2, 0) is 11.2 Å². The fraction of sp³-hybridized carbons (Fsp3) is 0.353. The van der Waals surface area contributed by atoms with Gasteiger partial charge in [0.2, 0.25) is 5.91 Å². The Bertz CT molecular complexity index is 623. The summed E-state index contributed by atoms with van der Waals surface area (Å²) >= 11 is 0. The van der Waals surface area contributed by atoms with Crippen molar-refractivity contribution in [3.05, 3.63) is 48.4 Å². The molecule has 0 saturated carbocycles. The number of carbonyl (C=O) groups is 1. The molecule has 23 heavy (non-hydrogen) atoms. The van der Waals surface area contributed by atoms with Crippen LogP contribution in [-0.4, -0.2) is 42.1 Å². The Balaban J connectivity index is 1.50.